The number of non-ortho nitro benzene ring substituents is 1. The maximum Gasteiger partial charge on any atom is 0.373 e. The number of hydrogen-bond acceptors (Lipinski definition) is 6. The molecule has 0 atom stereocenters. The van der Waals surface area contributed by atoms with Crippen LogP contribution < -0.4 is 0 Å². The van der Waals surface area contributed by atoms with E-state index in [1.165, 1.54) is 12.1 Å². The van der Waals surface area contributed by atoms with Crippen LogP contribution in [0.15, 0.2) is 34.7 Å². The molecule has 2 aromatic rings. The van der Waals surface area contributed by atoms with Gasteiger partial charge in [0.1, 0.15) is 5.82 Å². The first kappa shape index (κ1) is 14.4. The summed E-state index contributed by atoms with van der Waals surface area (Å²) in [7, 11) is 1.14. The molecule has 2 rings (SSSR count). The Morgan fingerprint density at radius 3 is 2.48 bits per heavy atom. The summed E-state index contributed by atoms with van der Waals surface area (Å²) < 4.78 is 23.1. The van der Waals surface area contributed by atoms with Crippen LogP contribution in [-0.2, 0) is 4.74 Å². The maximum absolute atomic E-state index is 13.7. The lowest BCUT2D eigenvalue weighted by molar-refractivity contribution is -0.385. The molecule has 1 aromatic heterocycles. The van der Waals surface area contributed by atoms with E-state index in [9.17, 15) is 24.1 Å². The number of esters is 1. The number of halogens is 1. The highest BCUT2D eigenvalue weighted by Crippen LogP contribution is 2.20. The van der Waals surface area contributed by atoms with Crippen molar-refractivity contribution in [3.8, 4) is 0 Å². The molecular weight excluding hydrogens is 285 g/mol. The van der Waals surface area contributed by atoms with Gasteiger partial charge in [0.05, 0.1) is 23.7 Å². The van der Waals surface area contributed by atoms with Crippen LogP contribution >= 0.6 is 0 Å². The first-order valence-corrected chi connectivity index (χ1v) is 5.61. The van der Waals surface area contributed by atoms with Crippen molar-refractivity contribution in [1.29, 1.82) is 0 Å². The van der Waals surface area contributed by atoms with E-state index < -0.39 is 33.7 Å². The molecule has 108 valence electrons. The summed E-state index contributed by atoms with van der Waals surface area (Å²) in [6.45, 7) is 0. The summed E-state index contributed by atoms with van der Waals surface area (Å²) in [6, 6.07) is 5.02. The Kier molecular flexibility index (Phi) is 3.79. The van der Waals surface area contributed by atoms with Gasteiger partial charge < -0.3 is 9.15 Å². The first-order chi connectivity index (χ1) is 9.93. The standard InChI is InChI=1S/C13H8FNO6/c1-20-13(17)11-5-4-10(21-11)12(16)8-3-2-7(15(18)19)6-9(8)14/h2-6H,1H3. The Morgan fingerprint density at radius 1 is 1.24 bits per heavy atom. The number of nitro benzene ring substituents is 1. The smallest absolute Gasteiger partial charge is 0.373 e. The molecule has 0 radical (unpaired) electrons. The lowest BCUT2D eigenvalue weighted by Crippen LogP contribution is -2.04. The molecule has 0 fully saturated rings. The predicted molar refractivity (Wildman–Crippen MR) is 66.5 cm³/mol. The van der Waals surface area contributed by atoms with Crippen LogP contribution in [0.2, 0.25) is 0 Å². The van der Waals surface area contributed by atoms with Gasteiger partial charge in [-0.3, -0.25) is 14.9 Å². The summed E-state index contributed by atoms with van der Waals surface area (Å²) in [4.78, 5) is 32.9. The fraction of sp³-hybridized carbons (Fsp3) is 0.0769. The molecular formula is C13H8FNO6. The van der Waals surface area contributed by atoms with Gasteiger partial charge in [-0.05, 0) is 18.2 Å². The van der Waals surface area contributed by atoms with Crippen LogP contribution in [0.25, 0.3) is 0 Å². The summed E-state index contributed by atoms with van der Waals surface area (Å²) in [5.41, 5.74) is -0.870. The van der Waals surface area contributed by atoms with E-state index >= 15 is 0 Å². The fourth-order valence-corrected chi connectivity index (χ4v) is 1.60. The number of benzene rings is 1. The van der Waals surface area contributed by atoms with E-state index in [1.54, 1.807) is 0 Å². The van der Waals surface area contributed by atoms with Gasteiger partial charge in [-0.2, -0.15) is 0 Å². The molecule has 0 aliphatic heterocycles. The van der Waals surface area contributed by atoms with Crippen LogP contribution in [0.4, 0.5) is 10.1 Å². The van der Waals surface area contributed by atoms with Crippen molar-refractivity contribution >= 4 is 17.4 Å². The van der Waals surface area contributed by atoms with Crippen LogP contribution in [-0.4, -0.2) is 23.8 Å². The summed E-state index contributed by atoms with van der Waals surface area (Å²) in [5.74, 6) is -3.15. The second kappa shape index (κ2) is 5.53. The molecule has 0 saturated carbocycles. The average molecular weight is 293 g/mol. The third kappa shape index (κ3) is 2.78. The van der Waals surface area contributed by atoms with Gasteiger partial charge >= 0.3 is 5.97 Å². The van der Waals surface area contributed by atoms with E-state index in [-0.39, 0.29) is 11.5 Å². The number of nitro groups is 1. The third-order valence-corrected chi connectivity index (χ3v) is 2.62. The number of rotatable bonds is 4. The second-order valence-corrected chi connectivity index (χ2v) is 3.91. The number of furan rings is 1. The Balaban J connectivity index is 2.34. The molecule has 0 aliphatic carbocycles. The highest BCUT2D eigenvalue weighted by atomic mass is 19.1. The lowest BCUT2D eigenvalue weighted by Gasteiger charge is -2.00. The Hall–Kier alpha value is -3.03. The predicted octanol–water partition coefficient (Wildman–Crippen LogP) is 2.34. The van der Waals surface area contributed by atoms with Crippen molar-refractivity contribution in [2.45, 2.75) is 0 Å². The molecule has 0 aliphatic rings. The molecule has 0 bridgehead atoms. The molecule has 0 amide bonds. The molecule has 8 heteroatoms. The van der Waals surface area contributed by atoms with Gasteiger partial charge in [0, 0.05) is 6.07 Å². The normalized spacial score (nSPS) is 10.2. The Labute approximate surface area is 117 Å². The van der Waals surface area contributed by atoms with Gasteiger partial charge in [0.25, 0.3) is 5.69 Å². The number of carbonyl (C=O) groups excluding carboxylic acids is 2. The molecule has 1 heterocycles. The zero-order chi connectivity index (χ0) is 15.6. The van der Waals surface area contributed by atoms with Crippen molar-refractivity contribution < 1.29 is 28.1 Å². The molecule has 7 nitrogen and oxygen atoms in total. The fourth-order valence-electron chi connectivity index (χ4n) is 1.60. The molecule has 0 spiro atoms. The van der Waals surface area contributed by atoms with Crippen molar-refractivity contribution in [2.75, 3.05) is 7.11 Å². The van der Waals surface area contributed by atoms with E-state index in [0.717, 1.165) is 19.2 Å². The van der Waals surface area contributed by atoms with E-state index in [1.807, 2.05) is 0 Å². The zero-order valence-electron chi connectivity index (χ0n) is 10.7. The summed E-state index contributed by atoms with van der Waals surface area (Å²) >= 11 is 0. The van der Waals surface area contributed by atoms with Gasteiger partial charge in [0.15, 0.2) is 5.76 Å². The third-order valence-electron chi connectivity index (χ3n) is 2.62. The Bertz CT molecular complexity index is 736. The van der Waals surface area contributed by atoms with Gasteiger partial charge in [0.2, 0.25) is 11.5 Å². The number of methoxy groups -OCH3 is 1. The van der Waals surface area contributed by atoms with E-state index in [0.29, 0.717) is 6.07 Å². The van der Waals surface area contributed by atoms with Gasteiger partial charge in [-0.25, -0.2) is 9.18 Å². The van der Waals surface area contributed by atoms with Crippen LogP contribution in [0, 0.1) is 15.9 Å². The molecule has 0 saturated heterocycles. The second-order valence-electron chi connectivity index (χ2n) is 3.91. The highest BCUT2D eigenvalue weighted by Gasteiger charge is 2.21. The SMILES string of the molecule is COC(=O)c1ccc(C(=O)c2ccc([N+](=O)[O-])cc2F)o1. The Morgan fingerprint density at radius 2 is 1.90 bits per heavy atom. The molecule has 0 N–H and O–H groups in total. The molecule has 1 aromatic carbocycles. The maximum atomic E-state index is 13.7. The number of ketones is 1. The van der Waals surface area contributed by atoms with Crippen LogP contribution in [0.3, 0.4) is 0 Å². The van der Waals surface area contributed by atoms with Crippen LogP contribution in [0.1, 0.15) is 26.7 Å². The summed E-state index contributed by atoms with van der Waals surface area (Å²) in [5, 5.41) is 10.5. The number of ether oxygens (including phenoxy) is 1. The van der Waals surface area contributed by atoms with E-state index in [2.05, 4.69) is 4.74 Å². The van der Waals surface area contributed by atoms with Gasteiger partial charge in [-0.15, -0.1) is 0 Å². The quantitative estimate of drug-likeness (QED) is 0.371. The summed E-state index contributed by atoms with van der Waals surface area (Å²) in [6.07, 6.45) is 0. The monoisotopic (exact) mass is 293 g/mol. The number of carbonyl (C=O) groups is 2. The molecule has 21 heavy (non-hydrogen) atoms. The van der Waals surface area contributed by atoms with E-state index in [4.69, 9.17) is 4.42 Å². The minimum absolute atomic E-state index is 0.205. The van der Waals surface area contributed by atoms with Crippen molar-refractivity contribution in [1.82, 2.24) is 0 Å². The minimum atomic E-state index is -1.05. The number of nitrogens with zero attached hydrogens (tertiary/aromatic N) is 1. The topological polar surface area (TPSA) is 99.7 Å². The zero-order valence-corrected chi connectivity index (χ0v) is 10.7. The van der Waals surface area contributed by atoms with Crippen molar-refractivity contribution in [2.24, 2.45) is 0 Å². The minimum Gasteiger partial charge on any atom is -0.463 e. The van der Waals surface area contributed by atoms with Crippen molar-refractivity contribution in [3.05, 3.63) is 63.3 Å². The molecule has 0 unspecified atom stereocenters. The highest BCUT2D eigenvalue weighted by molar-refractivity contribution is 6.07. The number of hydrogen-bond donors (Lipinski definition) is 0. The largest absolute Gasteiger partial charge is 0.463 e. The van der Waals surface area contributed by atoms with Gasteiger partial charge in [-0.1, -0.05) is 0 Å². The average Bonchev–Trinajstić information content (AvgIpc) is 2.95. The lowest BCUT2D eigenvalue weighted by atomic mass is 10.1. The van der Waals surface area contributed by atoms with Crippen LogP contribution in [0.5, 0.6) is 0 Å². The van der Waals surface area contributed by atoms with Crippen molar-refractivity contribution in [3.63, 3.8) is 0 Å². The first-order valence-electron chi connectivity index (χ1n) is 5.61.